The van der Waals surface area contributed by atoms with Gasteiger partial charge in [-0.1, -0.05) is 6.92 Å². The smallest absolute Gasteiger partial charge is 0.0434 e. The summed E-state index contributed by atoms with van der Waals surface area (Å²) in [5.74, 6) is 0.542. The van der Waals surface area contributed by atoms with Gasteiger partial charge in [0, 0.05) is 25.0 Å². The molecule has 1 aromatic heterocycles. The molecular weight excluding hydrogens is 164 g/mol. The van der Waals surface area contributed by atoms with Gasteiger partial charge >= 0.3 is 0 Å². The maximum Gasteiger partial charge on any atom is 0.0434 e. The minimum absolute atomic E-state index is 0.283. The van der Waals surface area contributed by atoms with Crippen LogP contribution >= 0.6 is 0 Å². The Balaban J connectivity index is 2.07. The molecule has 1 aromatic rings. The van der Waals surface area contributed by atoms with Crippen molar-refractivity contribution in [3.8, 4) is 0 Å². The quantitative estimate of drug-likeness (QED) is 0.617. The summed E-state index contributed by atoms with van der Waals surface area (Å²) in [6.45, 7) is 4.26. The van der Waals surface area contributed by atoms with E-state index in [1.54, 1.807) is 0 Å². The van der Waals surface area contributed by atoms with Crippen molar-refractivity contribution in [1.29, 1.82) is 0 Å². The van der Waals surface area contributed by atoms with Crippen LogP contribution in [0, 0.1) is 5.92 Å². The second-order valence-electron chi connectivity index (χ2n) is 3.44. The third kappa shape index (κ3) is 4.10. The highest BCUT2D eigenvalue weighted by Gasteiger charge is 2.00. The van der Waals surface area contributed by atoms with E-state index in [2.05, 4.69) is 23.3 Å². The van der Waals surface area contributed by atoms with Gasteiger partial charge in [0.05, 0.1) is 0 Å². The molecule has 0 aliphatic heterocycles. The number of aliphatic hydroxyl groups is 1. The molecule has 0 spiro atoms. The fraction of sp³-hybridized carbons (Fsp3) is 0.600. The van der Waals surface area contributed by atoms with Gasteiger partial charge in [-0.25, -0.2) is 0 Å². The largest absolute Gasteiger partial charge is 0.396 e. The predicted octanol–water partition coefficient (Wildman–Crippen LogP) is 1.12. The molecule has 1 heterocycles. The van der Waals surface area contributed by atoms with E-state index in [4.69, 9.17) is 5.11 Å². The van der Waals surface area contributed by atoms with Gasteiger partial charge in [0.15, 0.2) is 0 Å². The Labute approximate surface area is 79.2 Å². The zero-order valence-electron chi connectivity index (χ0n) is 8.09. The second-order valence-corrected chi connectivity index (χ2v) is 3.44. The standard InChI is InChI=1S/C10H18N2O/c1-9(4-6-13)7-11-8-10-3-2-5-12-10/h2-3,5,9,11-13H,4,6-8H2,1H3. The van der Waals surface area contributed by atoms with Crippen LogP contribution in [0.2, 0.25) is 0 Å². The van der Waals surface area contributed by atoms with Gasteiger partial charge in [-0.2, -0.15) is 0 Å². The van der Waals surface area contributed by atoms with Crippen LogP contribution < -0.4 is 5.32 Å². The number of nitrogens with one attached hydrogen (secondary N) is 2. The van der Waals surface area contributed by atoms with Crippen molar-refractivity contribution in [3.63, 3.8) is 0 Å². The number of hydrogen-bond acceptors (Lipinski definition) is 2. The molecule has 0 radical (unpaired) electrons. The number of aromatic amines is 1. The number of aromatic nitrogens is 1. The number of H-pyrrole nitrogens is 1. The molecular formula is C10H18N2O. The maximum atomic E-state index is 8.69. The molecule has 3 N–H and O–H groups in total. The molecule has 0 aliphatic rings. The average molecular weight is 182 g/mol. The van der Waals surface area contributed by atoms with Crippen molar-refractivity contribution in [2.45, 2.75) is 19.9 Å². The molecule has 1 unspecified atom stereocenters. The van der Waals surface area contributed by atoms with E-state index in [9.17, 15) is 0 Å². The van der Waals surface area contributed by atoms with Gasteiger partial charge in [0.25, 0.3) is 0 Å². The van der Waals surface area contributed by atoms with Crippen LogP contribution in [-0.2, 0) is 6.54 Å². The van der Waals surface area contributed by atoms with Crippen LogP contribution in [0.1, 0.15) is 19.0 Å². The molecule has 0 saturated carbocycles. The highest BCUT2D eigenvalue weighted by atomic mass is 16.3. The molecule has 0 aromatic carbocycles. The average Bonchev–Trinajstić information content (AvgIpc) is 2.57. The first-order valence-electron chi connectivity index (χ1n) is 4.76. The molecule has 74 valence electrons. The van der Waals surface area contributed by atoms with Crippen LogP contribution in [0.15, 0.2) is 18.3 Å². The topological polar surface area (TPSA) is 48.0 Å². The van der Waals surface area contributed by atoms with Gasteiger partial charge in [-0.3, -0.25) is 0 Å². The lowest BCUT2D eigenvalue weighted by molar-refractivity contribution is 0.260. The summed E-state index contributed by atoms with van der Waals surface area (Å²) in [7, 11) is 0. The van der Waals surface area contributed by atoms with Gasteiger partial charge in [0.1, 0.15) is 0 Å². The molecule has 1 atom stereocenters. The van der Waals surface area contributed by atoms with Gasteiger partial charge in [0.2, 0.25) is 0 Å². The molecule has 0 amide bonds. The van der Waals surface area contributed by atoms with Crippen molar-refractivity contribution in [2.75, 3.05) is 13.2 Å². The SMILES string of the molecule is CC(CCO)CNCc1ccc[nH]1. The summed E-state index contributed by atoms with van der Waals surface area (Å²) >= 11 is 0. The summed E-state index contributed by atoms with van der Waals surface area (Å²) in [5, 5.41) is 12.0. The lowest BCUT2D eigenvalue weighted by atomic mass is 10.1. The minimum atomic E-state index is 0.283. The van der Waals surface area contributed by atoms with Crippen molar-refractivity contribution in [2.24, 2.45) is 5.92 Å². The van der Waals surface area contributed by atoms with Gasteiger partial charge < -0.3 is 15.4 Å². The first kappa shape index (κ1) is 10.3. The second kappa shape index (κ2) is 5.78. The highest BCUT2D eigenvalue weighted by Crippen LogP contribution is 1.99. The number of rotatable bonds is 6. The third-order valence-corrected chi connectivity index (χ3v) is 2.09. The molecule has 3 nitrogen and oxygen atoms in total. The van der Waals surface area contributed by atoms with Crippen molar-refractivity contribution in [1.82, 2.24) is 10.3 Å². The van der Waals surface area contributed by atoms with E-state index in [0.717, 1.165) is 19.5 Å². The highest BCUT2D eigenvalue weighted by molar-refractivity contribution is 5.02. The normalized spacial score (nSPS) is 13.1. The monoisotopic (exact) mass is 182 g/mol. The molecule has 0 saturated heterocycles. The summed E-state index contributed by atoms with van der Waals surface area (Å²) in [4.78, 5) is 3.13. The summed E-state index contributed by atoms with van der Waals surface area (Å²) < 4.78 is 0. The van der Waals surface area contributed by atoms with Crippen molar-refractivity contribution in [3.05, 3.63) is 24.0 Å². The molecule has 0 aliphatic carbocycles. The van der Waals surface area contributed by atoms with Gasteiger partial charge in [-0.05, 0) is 31.0 Å². The molecule has 3 heteroatoms. The fourth-order valence-corrected chi connectivity index (χ4v) is 1.25. The molecule has 0 bridgehead atoms. The zero-order chi connectivity index (χ0) is 9.52. The van der Waals surface area contributed by atoms with E-state index in [-0.39, 0.29) is 6.61 Å². The Morgan fingerprint density at radius 2 is 2.46 bits per heavy atom. The lowest BCUT2D eigenvalue weighted by Crippen LogP contribution is -2.21. The number of aliphatic hydroxyl groups excluding tert-OH is 1. The van der Waals surface area contributed by atoms with E-state index < -0.39 is 0 Å². The summed E-state index contributed by atoms with van der Waals surface area (Å²) in [6, 6.07) is 4.05. The summed E-state index contributed by atoms with van der Waals surface area (Å²) in [5.41, 5.74) is 1.20. The lowest BCUT2D eigenvalue weighted by Gasteiger charge is -2.09. The van der Waals surface area contributed by atoms with E-state index in [1.165, 1.54) is 5.69 Å². The van der Waals surface area contributed by atoms with Crippen LogP contribution in [0.4, 0.5) is 0 Å². The Morgan fingerprint density at radius 1 is 1.62 bits per heavy atom. The van der Waals surface area contributed by atoms with E-state index in [1.807, 2.05) is 12.3 Å². The minimum Gasteiger partial charge on any atom is -0.396 e. The van der Waals surface area contributed by atoms with E-state index in [0.29, 0.717) is 5.92 Å². The Hall–Kier alpha value is -0.800. The summed E-state index contributed by atoms with van der Waals surface area (Å²) in [6.07, 6.45) is 2.80. The Bertz CT molecular complexity index is 209. The Kier molecular flexibility index (Phi) is 4.57. The van der Waals surface area contributed by atoms with Crippen molar-refractivity contribution < 1.29 is 5.11 Å². The predicted molar refractivity (Wildman–Crippen MR) is 53.4 cm³/mol. The van der Waals surface area contributed by atoms with Crippen LogP contribution in [0.25, 0.3) is 0 Å². The van der Waals surface area contributed by atoms with Crippen LogP contribution in [-0.4, -0.2) is 23.2 Å². The first-order valence-corrected chi connectivity index (χ1v) is 4.76. The van der Waals surface area contributed by atoms with Crippen molar-refractivity contribution >= 4 is 0 Å². The molecule has 0 fully saturated rings. The van der Waals surface area contributed by atoms with E-state index >= 15 is 0 Å². The molecule has 13 heavy (non-hydrogen) atoms. The number of hydrogen-bond donors (Lipinski definition) is 3. The third-order valence-electron chi connectivity index (χ3n) is 2.09. The maximum absolute atomic E-state index is 8.69. The van der Waals surface area contributed by atoms with Crippen LogP contribution in [0.5, 0.6) is 0 Å². The van der Waals surface area contributed by atoms with Gasteiger partial charge in [-0.15, -0.1) is 0 Å². The fourth-order valence-electron chi connectivity index (χ4n) is 1.25. The Morgan fingerprint density at radius 3 is 3.08 bits per heavy atom. The zero-order valence-corrected chi connectivity index (χ0v) is 8.09. The molecule has 1 rings (SSSR count). The first-order chi connectivity index (χ1) is 6.33. The van der Waals surface area contributed by atoms with Crippen LogP contribution in [0.3, 0.4) is 0 Å².